The number of ether oxygens (including phenoxy) is 1. The maximum atomic E-state index is 5.74. The first kappa shape index (κ1) is 15.3. The molecule has 0 fully saturated rings. The van der Waals surface area contributed by atoms with Crippen molar-refractivity contribution in [1.82, 2.24) is 25.1 Å². The molecule has 0 unspecified atom stereocenters. The average Bonchev–Trinajstić information content (AvgIpc) is 3.30. The van der Waals surface area contributed by atoms with E-state index in [0.29, 0.717) is 12.6 Å². The van der Waals surface area contributed by atoms with Crippen molar-refractivity contribution in [1.29, 1.82) is 0 Å². The van der Waals surface area contributed by atoms with Gasteiger partial charge in [-0.1, -0.05) is 12.1 Å². The number of nitrogens with zero attached hydrogens (tertiary/aromatic N) is 4. The highest BCUT2D eigenvalue weighted by atomic mass is 32.1. The molecule has 0 bridgehead atoms. The highest BCUT2D eigenvalue weighted by Gasteiger charge is 2.18. The summed E-state index contributed by atoms with van der Waals surface area (Å²) < 4.78 is 7.73. The van der Waals surface area contributed by atoms with E-state index >= 15 is 0 Å². The van der Waals surface area contributed by atoms with Gasteiger partial charge >= 0.3 is 0 Å². The number of fused-ring (bicyclic) bond motifs is 1. The Morgan fingerprint density at radius 2 is 2.17 bits per heavy atom. The van der Waals surface area contributed by atoms with Crippen molar-refractivity contribution in [2.24, 2.45) is 0 Å². The maximum Gasteiger partial charge on any atom is 0.138 e. The number of rotatable bonds is 6. The van der Waals surface area contributed by atoms with Crippen molar-refractivity contribution in [3.63, 3.8) is 0 Å². The SMILES string of the molecule is c1nc2n(n1)C[C@H](NCc1ccc(OCc3cscn3)cc1)CC2. The first-order valence-corrected chi connectivity index (χ1v) is 9.00. The van der Waals surface area contributed by atoms with Crippen LogP contribution in [-0.2, 0) is 26.1 Å². The number of hydrogen-bond acceptors (Lipinski definition) is 6. The summed E-state index contributed by atoms with van der Waals surface area (Å²) in [5, 5.41) is 9.87. The predicted molar refractivity (Wildman–Crippen MR) is 91.9 cm³/mol. The summed E-state index contributed by atoms with van der Waals surface area (Å²) in [7, 11) is 0. The molecule has 24 heavy (non-hydrogen) atoms. The van der Waals surface area contributed by atoms with E-state index in [1.807, 2.05) is 27.7 Å². The Balaban J connectivity index is 1.26. The highest BCUT2D eigenvalue weighted by Crippen LogP contribution is 2.16. The summed E-state index contributed by atoms with van der Waals surface area (Å²) in [4.78, 5) is 8.48. The predicted octanol–water partition coefficient (Wildman–Crippen LogP) is 2.42. The van der Waals surface area contributed by atoms with Crippen LogP contribution < -0.4 is 10.1 Å². The third-order valence-corrected chi connectivity index (χ3v) is 4.83. The molecule has 1 aliphatic heterocycles. The fourth-order valence-electron chi connectivity index (χ4n) is 2.84. The number of thiazole rings is 1. The second kappa shape index (κ2) is 7.11. The summed E-state index contributed by atoms with van der Waals surface area (Å²) in [6.45, 7) is 2.26. The number of hydrogen-bond donors (Lipinski definition) is 1. The quantitative estimate of drug-likeness (QED) is 0.746. The van der Waals surface area contributed by atoms with E-state index in [9.17, 15) is 0 Å². The van der Waals surface area contributed by atoms with Crippen LogP contribution in [0.25, 0.3) is 0 Å². The van der Waals surface area contributed by atoms with Crippen molar-refractivity contribution >= 4 is 11.3 Å². The van der Waals surface area contributed by atoms with Crippen LogP contribution in [0.1, 0.15) is 23.5 Å². The van der Waals surface area contributed by atoms with Gasteiger partial charge in [-0.2, -0.15) is 5.10 Å². The molecule has 0 aliphatic carbocycles. The Morgan fingerprint density at radius 1 is 1.25 bits per heavy atom. The molecule has 0 saturated carbocycles. The molecule has 2 aromatic heterocycles. The van der Waals surface area contributed by atoms with Crippen molar-refractivity contribution in [3.8, 4) is 5.75 Å². The Labute approximate surface area is 144 Å². The Kier molecular flexibility index (Phi) is 4.53. The van der Waals surface area contributed by atoms with Gasteiger partial charge in [0, 0.05) is 24.4 Å². The van der Waals surface area contributed by atoms with Gasteiger partial charge in [0.25, 0.3) is 0 Å². The third-order valence-electron chi connectivity index (χ3n) is 4.19. The topological polar surface area (TPSA) is 64.9 Å². The van der Waals surface area contributed by atoms with Crippen LogP contribution in [0.15, 0.2) is 41.5 Å². The van der Waals surface area contributed by atoms with Crippen LogP contribution in [-0.4, -0.2) is 25.8 Å². The number of aromatic nitrogens is 4. The van der Waals surface area contributed by atoms with Crippen molar-refractivity contribution in [2.45, 2.75) is 38.6 Å². The smallest absolute Gasteiger partial charge is 0.138 e. The summed E-state index contributed by atoms with van der Waals surface area (Å²) in [6, 6.07) is 8.68. The van der Waals surface area contributed by atoms with Crippen molar-refractivity contribution in [3.05, 3.63) is 58.6 Å². The van der Waals surface area contributed by atoms with E-state index in [-0.39, 0.29) is 0 Å². The standard InChI is InChI=1S/C17H19N5OS/c1-4-16(23-9-15-10-24-12-20-15)5-2-13(1)7-18-14-3-6-17-19-11-21-22(17)8-14/h1-2,4-5,10-12,14,18H,3,6-9H2/t14-/m1/s1. The van der Waals surface area contributed by atoms with E-state index in [0.717, 1.165) is 43.2 Å². The van der Waals surface area contributed by atoms with Crippen LogP contribution in [0, 0.1) is 0 Å². The Morgan fingerprint density at radius 3 is 3.00 bits per heavy atom. The second-order valence-electron chi connectivity index (χ2n) is 5.89. The van der Waals surface area contributed by atoms with Gasteiger partial charge in [0.2, 0.25) is 0 Å². The Bertz CT molecular complexity index is 769. The molecule has 1 atom stereocenters. The zero-order valence-corrected chi connectivity index (χ0v) is 14.1. The molecule has 3 heterocycles. The summed E-state index contributed by atoms with van der Waals surface area (Å²) >= 11 is 1.58. The third kappa shape index (κ3) is 3.63. The van der Waals surface area contributed by atoms with Crippen LogP contribution in [0.5, 0.6) is 5.75 Å². The molecule has 6 nitrogen and oxygen atoms in total. The number of nitrogens with one attached hydrogen (secondary N) is 1. The molecule has 1 aromatic carbocycles. The van der Waals surface area contributed by atoms with Gasteiger partial charge in [0.1, 0.15) is 24.5 Å². The van der Waals surface area contributed by atoms with E-state index in [1.165, 1.54) is 5.56 Å². The van der Waals surface area contributed by atoms with Gasteiger partial charge in [-0.3, -0.25) is 0 Å². The summed E-state index contributed by atoms with van der Waals surface area (Å²) in [5.74, 6) is 1.96. The normalized spacial score (nSPS) is 16.8. The molecule has 7 heteroatoms. The lowest BCUT2D eigenvalue weighted by Gasteiger charge is -2.23. The molecule has 0 radical (unpaired) electrons. The first-order valence-electron chi connectivity index (χ1n) is 8.06. The molecule has 4 rings (SSSR count). The number of benzene rings is 1. The molecule has 1 N–H and O–H groups in total. The number of aryl methyl sites for hydroxylation is 1. The minimum Gasteiger partial charge on any atom is -0.487 e. The van der Waals surface area contributed by atoms with Gasteiger partial charge in [-0.15, -0.1) is 11.3 Å². The van der Waals surface area contributed by atoms with Crippen LogP contribution in [0.4, 0.5) is 0 Å². The van der Waals surface area contributed by atoms with Gasteiger partial charge in [0.15, 0.2) is 0 Å². The van der Waals surface area contributed by atoms with Crippen LogP contribution >= 0.6 is 11.3 Å². The van der Waals surface area contributed by atoms with Gasteiger partial charge in [-0.05, 0) is 24.1 Å². The fraction of sp³-hybridized carbons (Fsp3) is 0.353. The lowest BCUT2D eigenvalue weighted by atomic mass is 10.1. The summed E-state index contributed by atoms with van der Waals surface area (Å²) in [6.07, 6.45) is 3.73. The fourth-order valence-corrected chi connectivity index (χ4v) is 3.38. The van der Waals surface area contributed by atoms with E-state index in [4.69, 9.17) is 4.74 Å². The minimum atomic E-state index is 0.444. The lowest BCUT2D eigenvalue weighted by Crippen LogP contribution is -2.37. The summed E-state index contributed by atoms with van der Waals surface area (Å²) in [5.41, 5.74) is 4.04. The monoisotopic (exact) mass is 341 g/mol. The molecular weight excluding hydrogens is 322 g/mol. The van der Waals surface area contributed by atoms with Gasteiger partial charge in [-0.25, -0.2) is 14.6 Å². The second-order valence-corrected chi connectivity index (χ2v) is 6.61. The zero-order valence-electron chi connectivity index (χ0n) is 13.3. The molecule has 1 aliphatic rings. The van der Waals surface area contributed by atoms with E-state index in [2.05, 4.69) is 32.5 Å². The van der Waals surface area contributed by atoms with Crippen LogP contribution in [0.2, 0.25) is 0 Å². The van der Waals surface area contributed by atoms with E-state index in [1.54, 1.807) is 17.7 Å². The zero-order chi connectivity index (χ0) is 16.2. The molecule has 0 spiro atoms. The first-order chi connectivity index (χ1) is 11.9. The highest BCUT2D eigenvalue weighted by molar-refractivity contribution is 7.07. The van der Waals surface area contributed by atoms with Crippen molar-refractivity contribution in [2.75, 3.05) is 0 Å². The average molecular weight is 341 g/mol. The molecule has 0 saturated heterocycles. The largest absolute Gasteiger partial charge is 0.487 e. The van der Waals surface area contributed by atoms with Gasteiger partial charge in [0.05, 0.1) is 17.7 Å². The van der Waals surface area contributed by atoms with E-state index < -0.39 is 0 Å². The maximum absolute atomic E-state index is 5.74. The molecule has 124 valence electrons. The Hall–Kier alpha value is -2.25. The molecular formula is C17H19N5OS. The van der Waals surface area contributed by atoms with Crippen molar-refractivity contribution < 1.29 is 4.74 Å². The van der Waals surface area contributed by atoms with Crippen LogP contribution in [0.3, 0.4) is 0 Å². The molecule has 0 amide bonds. The lowest BCUT2D eigenvalue weighted by molar-refractivity contribution is 0.302. The van der Waals surface area contributed by atoms with Gasteiger partial charge < -0.3 is 10.1 Å². The minimum absolute atomic E-state index is 0.444. The molecule has 3 aromatic rings.